The highest BCUT2D eigenvalue weighted by Crippen LogP contribution is 2.25. The van der Waals surface area contributed by atoms with E-state index in [1.807, 2.05) is 30.3 Å². The number of anilines is 1. The number of aromatic nitrogens is 5. The fourth-order valence-electron chi connectivity index (χ4n) is 3.47. The normalized spacial score (nSPS) is 10.9. The van der Waals surface area contributed by atoms with Crippen molar-refractivity contribution in [2.24, 2.45) is 0 Å². The van der Waals surface area contributed by atoms with Gasteiger partial charge in [-0.3, -0.25) is 14.9 Å². The van der Waals surface area contributed by atoms with Crippen molar-refractivity contribution in [2.45, 2.75) is 0 Å². The Kier molecular flexibility index (Phi) is 4.79. The van der Waals surface area contributed by atoms with Crippen LogP contribution in [0.5, 0.6) is 0 Å². The van der Waals surface area contributed by atoms with E-state index in [9.17, 15) is 14.9 Å². The Balaban J connectivity index is 1.74. The number of non-ortho nitro benzene ring substituents is 1. The van der Waals surface area contributed by atoms with E-state index in [1.165, 1.54) is 28.8 Å². The zero-order valence-corrected chi connectivity index (χ0v) is 17.0. The van der Waals surface area contributed by atoms with Crippen LogP contribution >= 0.6 is 0 Å². The van der Waals surface area contributed by atoms with Crippen LogP contribution < -0.4 is 11.3 Å². The van der Waals surface area contributed by atoms with Gasteiger partial charge in [0, 0.05) is 23.3 Å². The first-order valence-electron chi connectivity index (χ1n) is 9.85. The number of para-hydroxylation sites is 1. The van der Waals surface area contributed by atoms with Crippen molar-refractivity contribution >= 4 is 22.4 Å². The van der Waals surface area contributed by atoms with Crippen LogP contribution in [0.4, 0.5) is 11.5 Å². The van der Waals surface area contributed by atoms with Crippen LogP contribution in [-0.4, -0.2) is 29.7 Å². The van der Waals surface area contributed by atoms with Gasteiger partial charge in [0.15, 0.2) is 11.6 Å². The van der Waals surface area contributed by atoms with E-state index >= 15 is 0 Å². The summed E-state index contributed by atoms with van der Waals surface area (Å²) in [4.78, 5) is 32.9. The number of hydrogen-bond donors (Lipinski definition) is 1. The predicted molar refractivity (Wildman–Crippen MR) is 123 cm³/mol. The molecular weight excluding hydrogens is 422 g/mol. The predicted octanol–water partition coefficient (Wildman–Crippen LogP) is 3.40. The minimum Gasteiger partial charge on any atom is -0.382 e. The molecule has 0 saturated heterocycles. The van der Waals surface area contributed by atoms with Crippen molar-refractivity contribution < 1.29 is 4.92 Å². The summed E-state index contributed by atoms with van der Waals surface area (Å²) >= 11 is 0. The summed E-state index contributed by atoms with van der Waals surface area (Å²) in [6.07, 6.45) is 0. The number of hydrogen-bond acceptors (Lipinski definition) is 8. The number of nitrogens with two attached hydrogens (primary N) is 1. The van der Waals surface area contributed by atoms with Gasteiger partial charge < -0.3 is 5.73 Å². The number of benzene rings is 3. The van der Waals surface area contributed by atoms with E-state index in [2.05, 4.69) is 20.2 Å². The molecule has 0 spiro atoms. The molecule has 0 radical (unpaired) electrons. The Morgan fingerprint density at radius 2 is 1.52 bits per heavy atom. The lowest BCUT2D eigenvalue weighted by atomic mass is 10.1. The molecule has 33 heavy (non-hydrogen) atoms. The van der Waals surface area contributed by atoms with Gasteiger partial charge in [0.25, 0.3) is 17.2 Å². The third-order valence-corrected chi connectivity index (χ3v) is 5.06. The molecule has 0 aliphatic heterocycles. The average Bonchev–Trinajstić information content (AvgIpc) is 2.84. The van der Waals surface area contributed by atoms with Crippen molar-refractivity contribution in [1.29, 1.82) is 0 Å². The van der Waals surface area contributed by atoms with Gasteiger partial charge in [-0.25, -0.2) is 9.55 Å². The molecule has 5 rings (SSSR count). The van der Waals surface area contributed by atoms with Crippen LogP contribution in [0.1, 0.15) is 0 Å². The van der Waals surface area contributed by atoms with Crippen LogP contribution in [0.3, 0.4) is 0 Å². The Bertz CT molecular complexity index is 1570. The van der Waals surface area contributed by atoms with E-state index in [1.54, 1.807) is 24.3 Å². The lowest BCUT2D eigenvalue weighted by Crippen LogP contribution is -2.24. The summed E-state index contributed by atoms with van der Waals surface area (Å²) in [5.41, 5.74) is 7.74. The van der Waals surface area contributed by atoms with Crippen molar-refractivity contribution in [1.82, 2.24) is 24.7 Å². The fourth-order valence-corrected chi connectivity index (χ4v) is 3.47. The van der Waals surface area contributed by atoms with Gasteiger partial charge in [-0.2, -0.15) is 4.98 Å². The highest BCUT2D eigenvalue weighted by Gasteiger charge is 2.19. The highest BCUT2D eigenvalue weighted by molar-refractivity contribution is 5.80. The molecule has 0 aliphatic rings. The second-order valence-electron chi connectivity index (χ2n) is 7.11. The monoisotopic (exact) mass is 437 g/mol. The molecule has 160 valence electrons. The standard InChI is InChI=1S/C23H15N7O3/c24-20-19(14-6-2-1-3-7-14)27-28-23(26-20)29-21(15-10-12-16(13-11-15)30(32)33)25-18-9-5-4-8-17(18)22(29)31/h1-13H,(H2,24,26,28). The van der Waals surface area contributed by atoms with E-state index < -0.39 is 10.5 Å². The summed E-state index contributed by atoms with van der Waals surface area (Å²) in [5.74, 6) is 0.256. The van der Waals surface area contributed by atoms with Crippen LogP contribution in [-0.2, 0) is 0 Å². The van der Waals surface area contributed by atoms with E-state index in [-0.39, 0.29) is 23.3 Å². The minimum absolute atomic E-state index is 0.0520. The van der Waals surface area contributed by atoms with Crippen molar-refractivity contribution in [3.05, 3.63) is 99.3 Å². The third kappa shape index (κ3) is 3.55. The van der Waals surface area contributed by atoms with Gasteiger partial charge in [0.1, 0.15) is 5.69 Å². The maximum Gasteiger partial charge on any atom is 0.269 e. The summed E-state index contributed by atoms with van der Waals surface area (Å²) in [5, 5.41) is 19.8. The number of nitro groups is 1. The van der Waals surface area contributed by atoms with E-state index in [4.69, 9.17) is 5.73 Å². The van der Waals surface area contributed by atoms with Gasteiger partial charge in [0.2, 0.25) is 0 Å². The van der Waals surface area contributed by atoms with Crippen molar-refractivity contribution in [3.8, 4) is 28.6 Å². The molecule has 2 heterocycles. The van der Waals surface area contributed by atoms with Crippen LogP contribution in [0.2, 0.25) is 0 Å². The molecule has 5 aromatic rings. The zero-order valence-electron chi connectivity index (χ0n) is 17.0. The lowest BCUT2D eigenvalue weighted by molar-refractivity contribution is -0.384. The summed E-state index contributed by atoms with van der Waals surface area (Å²) in [6.45, 7) is 0. The SMILES string of the molecule is Nc1nc(-n2c(-c3ccc([N+](=O)[O-])cc3)nc3ccccc3c2=O)nnc1-c1ccccc1. The molecule has 10 heteroatoms. The Morgan fingerprint density at radius 1 is 0.818 bits per heavy atom. The number of fused-ring (bicyclic) bond motifs is 1. The molecule has 0 fully saturated rings. The Hall–Kier alpha value is -4.99. The van der Waals surface area contributed by atoms with Crippen molar-refractivity contribution in [3.63, 3.8) is 0 Å². The van der Waals surface area contributed by atoms with Crippen LogP contribution in [0, 0.1) is 10.1 Å². The molecular formula is C23H15N7O3. The largest absolute Gasteiger partial charge is 0.382 e. The fraction of sp³-hybridized carbons (Fsp3) is 0. The molecule has 0 amide bonds. The molecule has 10 nitrogen and oxygen atoms in total. The first-order valence-corrected chi connectivity index (χ1v) is 9.85. The molecule has 2 N–H and O–H groups in total. The van der Waals surface area contributed by atoms with Gasteiger partial charge >= 0.3 is 0 Å². The summed E-state index contributed by atoms with van der Waals surface area (Å²) in [6, 6.07) is 21.8. The third-order valence-electron chi connectivity index (χ3n) is 5.06. The Morgan fingerprint density at radius 3 is 2.21 bits per heavy atom. The van der Waals surface area contributed by atoms with E-state index in [0.717, 1.165) is 5.56 Å². The van der Waals surface area contributed by atoms with Crippen molar-refractivity contribution in [2.75, 3.05) is 5.73 Å². The van der Waals surface area contributed by atoms with Gasteiger partial charge in [0.05, 0.1) is 15.8 Å². The molecule has 0 saturated carbocycles. The number of nitrogens with zero attached hydrogens (tertiary/aromatic N) is 6. The number of rotatable bonds is 4. The second-order valence-corrected chi connectivity index (χ2v) is 7.11. The maximum absolute atomic E-state index is 13.4. The number of nitrogen functional groups attached to an aromatic ring is 1. The van der Waals surface area contributed by atoms with E-state index in [0.29, 0.717) is 22.2 Å². The summed E-state index contributed by atoms with van der Waals surface area (Å²) < 4.78 is 1.21. The molecule has 0 atom stereocenters. The van der Waals surface area contributed by atoms with Crippen LogP contribution in [0.15, 0.2) is 83.7 Å². The minimum atomic E-state index is -0.499. The topological polar surface area (TPSA) is 143 Å². The smallest absolute Gasteiger partial charge is 0.269 e. The highest BCUT2D eigenvalue weighted by atomic mass is 16.6. The quantitative estimate of drug-likeness (QED) is 0.333. The molecule has 0 bridgehead atoms. The first-order chi connectivity index (χ1) is 16.0. The lowest BCUT2D eigenvalue weighted by Gasteiger charge is -2.13. The first kappa shape index (κ1) is 19.9. The van der Waals surface area contributed by atoms with Gasteiger partial charge in [-0.05, 0) is 24.3 Å². The Labute approximate surface area is 186 Å². The molecule has 0 aliphatic carbocycles. The van der Waals surface area contributed by atoms with Crippen LogP contribution in [0.25, 0.3) is 39.5 Å². The average molecular weight is 437 g/mol. The molecule has 2 aromatic heterocycles. The number of nitro benzene ring substituents is 1. The summed E-state index contributed by atoms with van der Waals surface area (Å²) in [7, 11) is 0. The zero-order chi connectivity index (χ0) is 22.9. The molecule has 0 unspecified atom stereocenters. The van der Waals surface area contributed by atoms with Gasteiger partial charge in [-0.1, -0.05) is 42.5 Å². The second kappa shape index (κ2) is 7.93. The maximum atomic E-state index is 13.4. The molecule has 3 aromatic carbocycles. The van der Waals surface area contributed by atoms with Gasteiger partial charge in [-0.15, -0.1) is 10.2 Å².